The van der Waals surface area contributed by atoms with E-state index in [1.165, 1.54) is 18.5 Å². The van der Waals surface area contributed by atoms with Crippen molar-refractivity contribution in [2.75, 3.05) is 20.7 Å². The summed E-state index contributed by atoms with van der Waals surface area (Å²) in [5.74, 6) is -0.606. The Morgan fingerprint density at radius 1 is 1.58 bits per heavy atom. The molecule has 7 heteroatoms. The quantitative estimate of drug-likeness (QED) is 0.347. The summed E-state index contributed by atoms with van der Waals surface area (Å²) in [6.45, 7) is 1.87. The molecule has 0 aliphatic rings. The Bertz CT molecular complexity index is 511. The van der Waals surface area contributed by atoms with Crippen molar-refractivity contribution in [2.45, 2.75) is 6.92 Å². The van der Waals surface area contributed by atoms with E-state index >= 15 is 0 Å². The molecule has 1 rings (SSSR count). The molecular weight excluding hydrogens is 250 g/mol. The van der Waals surface area contributed by atoms with Crippen LogP contribution in [0.1, 0.15) is 12.5 Å². The lowest BCUT2D eigenvalue weighted by atomic mass is 10.1. The first-order valence-electron chi connectivity index (χ1n) is 5.61. The summed E-state index contributed by atoms with van der Waals surface area (Å²) < 4.78 is 4.92. The molecular formula is C12H15N3O4. The summed E-state index contributed by atoms with van der Waals surface area (Å²) in [6, 6.07) is 1.42. The maximum Gasteiger partial charge on any atom is 0.340 e. The molecule has 19 heavy (non-hydrogen) atoms. The van der Waals surface area contributed by atoms with Gasteiger partial charge in [-0.2, -0.15) is 0 Å². The first-order chi connectivity index (χ1) is 8.97. The van der Waals surface area contributed by atoms with Crippen molar-refractivity contribution in [3.8, 4) is 0 Å². The Balaban J connectivity index is 3.34. The van der Waals surface area contributed by atoms with Crippen LogP contribution in [0.15, 0.2) is 24.7 Å². The third-order valence-corrected chi connectivity index (χ3v) is 2.17. The molecule has 0 saturated carbocycles. The fourth-order valence-corrected chi connectivity index (χ4v) is 1.46. The molecule has 102 valence electrons. The number of nitrogens with zero attached hydrogens (tertiary/aromatic N) is 3. The SMILES string of the molecule is CCOC(=O)/C(=C/N(C)C)c1ccncc1[N+](=O)[O-]. The fourth-order valence-electron chi connectivity index (χ4n) is 1.46. The Morgan fingerprint density at radius 2 is 2.26 bits per heavy atom. The summed E-state index contributed by atoms with van der Waals surface area (Å²) in [5.41, 5.74) is 0.0803. The van der Waals surface area contributed by atoms with Gasteiger partial charge in [0.05, 0.1) is 22.7 Å². The van der Waals surface area contributed by atoms with Crippen LogP contribution < -0.4 is 0 Å². The molecule has 0 fully saturated rings. The molecule has 1 heterocycles. The van der Waals surface area contributed by atoms with E-state index in [2.05, 4.69) is 4.98 Å². The molecule has 0 radical (unpaired) electrons. The van der Waals surface area contributed by atoms with Crippen LogP contribution >= 0.6 is 0 Å². The van der Waals surface area contributed by atoms with E-state index in [0.29, 0.717) is 0 Å². The standard InChI is InChI=1S/C12H15N3O4/c1-4-19-12(16)10(8-14(2)3)9-5-6-13-7-11(9)15(17)18/h5-8H,4H2,1-3H3/b10-8+. The van der Waals surface area contributed by atoms with Crippen molar-refractivity contribution in [3.63, 3.8) is 0 Å². The molecule has 0 bridgehead atoms. The second-order valence-corrected chi connectivity index (χ2v) is 3.88. The smallest absolute Gasteiger partial charge is 0.340 e. The number of carbonyl (C=O) groups excluding carboxylic acids is 1. The van der Waals surface area contributed by atoms with E-state index in [9.17, 15) is 14.9 Å². The number of hydrogen-bond acceptors (Lipinski definition) is 6. The molecule has 1 aromatic heterocycles. The normalized spacial score (nSPS) is 11.0. The summed E-state index contributed by atoms with van der Waals surface area (Å²) in [4.78, 5) is 27.6. The Labute approximate surface area is 110 Å². The zero-order valence-electron chi connectivity index (χ0n) is 11.0. The number of rotatable bonds is 5. The summed E-state index contributed by atoms with van der Waals surface area (Å²) >= 11 is 0. The van der Waals surface area contributed by atoms with Gasteiger partial charge in [0.15, 0.2) is 0 Å². The van der Waals surface area contributed by atoms with Gasteiger partial charge >= 0.3 is 5.97 Å². The van der Waals surface area contributed by atoms with E-state index < -0.39 is 10.9 Å². The average Bonchev–Trinajstić information content (AvgIpc) is 2.36. The topological polar surface area (TPSA) is 85.6 Å². The molecule has 0 unspecified atom stereocenters. The van der Waals surface area contributed by atoms with E-state index in [1.54, 1.807) is 25.9 Å². The average molecular weight is 265 g/mol. The summed E-state index contributed by atoms with van der Waals surface area (Å²) in [6.07, 6.45) is 3.99. The molecule has 1 aromatic rings. The highest BCUT2D eigenvalue weighted by Crippen LogP contribution is 2.25. The highest BCUT2D eigenvalue weighted by atomic mass is 16.6. The number of nitro groups is 1. The minimum atomic E-state index is -0.606. The van der Waals surface area contributed by atoms with Crippen LogP contribution in [0.3, 0.4) is 0 Å². The third-order valence-electron chi connectivity index (χ3n) is 2.17. The van der Waals surface area contributed by atoms with Gasteiger partial charge in [-0.05, 0) is 13.0 Å². The lowest BCUT2D eigenvalue weighted by molar-refractivity contribution is -0.385. The predicted octanol–water partition coefficient (Wildman–Crippen LogP) is 1.46. The molecule has 0 aliphatic heterocycles. The van der Waals surface area contributed by atoms with E-state index in [4.69, 9.17) is 4.74 Å². The van der Waals surface area contributed by atoms with Gasteiger partial charge in [0.1, 0.15) is 6.20 Å². The number of esters is 1. The lowest BCUT2D eigenvalue weighted by Gasteiger charge is -2.11. The zero-order valence-corrected chi connectivity index (χ0v) is 11.0. The molecule has 7 nitrogen and oxygen atoms in total. The van der Waals surface area contributed by atoms with Crippen molar-refractivity contribution < 1.29 is 14.5 Å². The summed E-state index contributed by atoms with van der Waals surface area (Å²) in [5, 5.41) is 11.0. The monoisotopic (exact) mass is 265 g/mol. The number of aromatic nitrogens is 1. The van der Waals surface area contributed by atoms with Gasteiger partial charge in [-0.25, -0.2) is 4.79 Å². The minimum Gasteiger partial charge on any atom is -0.462 e. The van der Waals surface area contributed by atoms with Crippen molar-refractivity contribution in [2.24, 2.45) is 0 Å². The van der Waals surface area contributed by atoms with Gasteiger partial charge < -0.3 is 9.64 Å². The van der Waals surface area contributed by atoms with Crippen LogP contribution in [-0.4, -0.2) is 41.5 Å². The molecule has 0 N–H and O–H groups in total. The van der Waals surface area contributed by atoms with Crippen molar-refractivity contribution in [3.05, 3.63) is 40.3 Å². The van der Waals surface area contributed by atoms with Crippen LogP contribution in [0.5, 0.6) is 0 Å². The Morgan fingerprint density at radius 3 is 2.79 bits per heavy atom. The van der Waals surface area contributed by atoms with Gasteiger partial charge in [0.25, 0.3) is 5.69 Å². The fraction of sp³-hybridized carbons (Fsp3) is 0.333. The number of hydrogen-bond donors (Lipinski definition) is 0. The minimum absolute atomic E-state index is 0.126. The maximum atomic E-state index is 11.9. The van der Waals surface area contributed by atoms with E-state index in [0.717, 1.165) is 6.20 Å². The lowest BCUT2D eigenvalue weighted by Crippen LogP contribution is -2.12. The second-order valence-electron chi connectivity index (χ2n) is 3.88. The van der Waals surface area contributed by atoms with Gasteiger partial charge in [-0.15, -0.1) is 0 Å². The van der Waals surface area contributed by atoms with E-state index in [-0.39, 0.29) is 23.4 Å². The van der Waals surface area contributed by atoms with Crippen molar-refractivity contribution in [1.82, 2.24) is 9.88 Å². The molecule has 0 saturated heterocycles. The van der Waals surface area contributed by atoms with Gasteiger partial charge in [0, 0.05) is 26.5 Å². The maximum absolute atomic E-state index is 11.9. The zero-order chi connectivity index (χ0) is 14.4. The summed E-state index contributed by atoms with van der Waals surface area (Å²) in [7, 11) is 3.43. The number of ether oxygens (including phenoxy) is 1. The first kappa shape index (κ1) is 14.6. The molecule has 0 amide bonds. The Kier molecular flexibility index (Phi) is 4.99. The van der Waals surface area contributed by atoms with Crippen LogP contribution in [0, 0.1) is 10.1 Å². The first-order valence-corrected chi connectivity index (χ1v) is 5.61. The van der Waals surface area contributed by atoms with Gasteiger partial charge in [-0.3, -0.25) is 15.1 Å². The molecule has 0 spiro atoms. The third kappa shape index (κ3) is 3.77. The van der Waals surface area contributed by atoms with Crippen molar-refractivity contribution >= 4 is 17.2 Å². The second kappa shape index (κ2) is 6.48. The van der Waals surface area contributed by atoms with E-state index in [1.807, 2.05) is 0 Å². The van der Waals surface area contributed by atoms with Crippen LogP contribution in [0.4, 0.5) is 5.69 Å². The number of pyridine rings is 1. The van der Waals surface area contributed by atoms with Crippen LogP contribution in [-0.2, 0) is 9.53 Å². The molecule has 0 aromatic carbocycles. The largest absolute Gasteiger partial charge is 0.462 e. The highest BCUT2D eigenvalue weighted by molar-refractivity contribution is 6.17. The Hall–Kier alpha value is -2.44. The van der Waals surface area contributed by atoms with Crippen LogP contribution in [0.25, 0.3) is 5.57 Å². The van der Waals surface area contributed by atoms with Gasteiger partial charge in [0.2, 0.25) is 0 Å². The van der Waals surface area contributed by atoms with Crippen LogP contribution in [0.2, 0.25) is 0 Å². The number of carbonyl (C=O) groups is 1. The molecule has 0 aliphatic carbocycles. The van der Waals surface area contributed by atoms with Gasteiger partial charge in [-0.1, -0.05) is 0 Å². The predicted molar refractivity (Wildman–Crippen MR) is 69.2 cm³/mol. The van der Waals surface area contributed by atoms with Crippen molar-refractivity contribution in [1.29, 1.82) is 0 Å². The highest BCUT2D eigenvalue weighted by Gasteiger charge is 2.23. The molecule has 0 atom stereocenters.